The largest absolute Gasteiger partial charge is 0.477 e. The number of carboxylic acid groups (broad SMARTS) is 1. The number of rotatable bonds is 4. The highest BCUT2D eigenvalue weighted by Crippen LogP contribution is 2.20. The summed E-state index contributed by atoms with van der Waals surface area (Å²) in [5, 5.41) is 15.7. The van der Waals surface area contributed by atoms with Gasteiger partial charge < -0.3 is 10.4 Å². The number of nitrogens with one attached hydrogen (secondary N) is 1. The average molecular weight is 199 g/mol. The molecule has 0 saturated heterocycles. The third-order valence-electron chi connectivity index (χ3n) is 1.89. The van der Waals surface area contributed by atoms with Crippen LogP contribution in [0.15, 0.2) is 0 Å². The zero-order chi connectivity index (χ0) is 9.26. The van der Waals surface area contributed by atoms with Crippen molar-refractivity contribution in [3.05, 3.63) is 10.6 Å². The lowest BCUT2D eigenvalue weighted by atomic mass is 10.3. The van der Waals surface area contributed by atoms with Gasteiger partial charge in [-0.3, -0.25) is 0 Å². The summed E-state index contributed by atoms with van der Waals surface area (Å²) in [6.07, 6.45) is 2.36. The van der Waals surface area contributed by atoms with E-state index in [1.54, 1.807) is 0 Å². The second-order valence-electron chi connectivity index (χ2n) is 3.01. The quantitative estimate of drug-likeness (QED) is 0.738. The molecule has 0 amide bonds. The number of carbonyl (C=O) groups is 1. The Morgan fingerprint density at radius 2 is 2.46 bits per heavy atom. The van der Waals surface area contributed by atoms with Gasteiger partial charge in [-0.05, 0) is 24.4 Å². The van der Waals surface area contributed by atoms with Crippen molar-refractivity contribution in [3.8, 4) is 0 Å². The van der Waals surface area contributed by atoms with Gasteiger partial charge in [-0.25, -0.2) is 4.79 Å². The summed E-state index contributed by atoms with van der Waals surface area (Å²) < 4.78 is 3.61. The number of hydrogen-bond acceptors (Lipinski definition) is 5. The van der Waals surface area contributed by atoms with Crippen molar-refractivity contribution in [2.75, 3.05) is 0 Å². The first kappa shape index (κ1) is 8.58. The van der Waals surface area contributed by atoms with Crippen LogP contribution in [0.5, 0.6) is 0 Å². The normalized spacial score (nSPS) is 16.0. The smallest absolute Gasteiger partial charge is 0.349 e. The highest BCUT2D eigenvalue weighted by Gasteiger charge is 2.22. The van der Waals surface area contributed by atoms with Gasteiger partial charge in [-0.2, -0.15) is 0 Å². The molecule has 1 fully saturated rings. The summed E-state index contributed by atoms with van der Waals surface area (Å²) in [7, 11) is 0. The topological polar surface area (TPSA) is 75.1 Å². The summed E-state index contributed by atoms with van der Waals surface area (Å²) in [5.74, 6) is -0.942. The van der Waals surface area contributed by atoms with E-state index in [9.17, 15) is 4.79 Å². The van der Waals surface area contributed by atoms with E-state index in [4.69, 9.17) is 5.11 Å². The summed E-state index contributed by atoms with van der Waals surface area (Å²) >= 11 is 0.929. The summed E-state index contributed by atoms with van der Waals surface area (Å²) in [5.41, 5.74) is 0.546. The van der Waals surface area contributed by atoms with Crippen LogP contribution in [-0.2, 0) is 6.54 Å². The molecule has 70 valence electrons. The number of hydrogen-bond donors (Lipinski definition) is 2. The minimum atomic E-state index is -0.942. The number of carboxylic acids is 1. The second-order valence-corrected chi connectivity index (χ2v) is 3.76. The van der Waals surface area contributed by atoms with Gasteiger partial charge in [-0.1, -0.05) is 4.49 Å². The number of aromatic carboxylic acids is 1. The molecule has 1 aliphatic carbocycles. The number of nitrogens with zero attached hydrogens (tertiary/aromatic N) is 2. The maximum absolute atomic E-state index is 10.6. The first-order valence-electron chi connectivity index (χ1n) is 4.05. The molecule has 13 heavy (non-hydrogen) atoms. The van der Waals surface area contributed by atoms with Crippen molar-refractivity contribution in [2.24, 2.45) is 0 Å². The van der Waals surface area contributed by atoms with Crippen LogP contribution >= 0.6 is 11.5 Å². The van der Waals surface area contributed by atoms with Gasteiger partial charge in [0, 0.05) is 12.6 Å². The van der Waals surface area contributed by atoms with Crippen molar-refractivity contribution < 1.29 is 9.90 Å². The van der Waals surface area contributed by atoms with E-state index in [1.165, 1.54) is 12.8 Å². The maximum Gasteiger partial charge on any atom is 0.349 e. The monoisotopic (exact) mass is 199 g/mol. The molecule has 2 rings (SSSR count). The Morgan fingerprint density at radius 3 is 3.08 bits per heavy atom. The van der Waals surface area contributed by atoms with Crippen LogP contribution in [0.25, 0.3) is 0 Å². The lowest BCUT2D eigenvalue weighted by Gasteiger charge is -1.98. The molecule has 1 aromatic rings. The predicted molar refractivity (Wildman–Crippen MR) is 46.7 cm³/mol. The zero-order valence-corrected chi connectivity index (χ0v) is 7.67. The molecule has 6 heteroatoms. The van der Waals surface area contributed by atoms with Crippen molar-refractivity contribution >= 4 is 17.5 Å². The van der Waals surface area contributed by atoms with Crippen LogP contribution < -0.4 is 5.32 Å². The molecule has 0 bridgehead atoms. The molecule has 2 N–H and O–H groups in total. The fourth-order valence-corrected chi connectivity index (χ4v) is 1.53. The molecule has 0 spiro atoms. The van der Waals surface area contributed by atoms with Gasteiger partial charge in [0.1, 0.15) is 5.69 Å². The van der Waals surface area contributed by atoms with E-state index < -0.39 is 5.97 Å². The van der Waals surface area contributed by atoms with Crippen LogP contribution in [0.4, 0.5) is 0 Å². The van der Waals surface area contributed by atoms with Crippen LogP contribution in [0.1, 0.15) is 28.2 Å². The molecular weight excluding hydrogens is 190 g/mol. The minimum absolute atomic E-state index is 0.244. The number of aromatic nitrogens is 2. The molecule has 1 aromatic heterocycles. The van der Waals surface area contributed by atoms with Gasteiger partial charge in [0.05, 0.1) is 0 Å². The van der Waals surface area contributed by atoms with Gasteiger partial charge in [0.2, 0.25) is 0 Å². The minimum Gasteiger partial charge on any atom is -0.477 e. The Balaban J connectivity index is 2.00. The Hall–Kier alpha value is -1.01. The SMILES string of the molecule is O=C(O)c1snnc1CNC1CC1. The molecule has 1 aliphatic rings. The molecule has 0 radical (unpaired) electrons. The van der Waals surface area contributed by atoms with Crippen LogP contribution in [0, 0.1) is 0 Å². The van der Waals surface area contributed by atoms with E-state index in [-0.39, 0.29) is 4.88 Å². The Bertz CT molecular complexity index is 321. The maximum atomic E-state index is 10.6. The van der Waals surface area contributed by atoms with Crippen molar-refractivity contribution in [1.29, 1.82) is 0 Å². The Kier molecular flexibility index (Phi) is 2.24. The molecule has 0 atom stereocenters. The molecule has 0 unspecified atom stereocenters. The molecule has 5 nitrogen and oxygen atoms in total. The third-order valence-corrected chi connectivity index (χ3v) is 2.64. The van der Waals surface area contributed by atoms with E-state index in [2.05, 4.69) is 14.9 Å². The Labute approximate surface area is 78.9 Å². The summed E-state index contributed by atoms with van der Waals surface area (Å²) in [4.78, 5) is 10.9. The van der Waals surface area contributed by atoms with Crippen molar-refractivity contribution in [2.45, 2.75) is 25.4 Å². The second kappa shape index (κ2) is 3.39. The highest BCUT2D eigenvalue weighted by atomic mass is 32.1. The molecule has 1 heterocycles. The zero-order valence-electron chi connectivity index (χ0n) is 6.86. The fraction of sp³-hybridized carbons (Fsp3) is 0.571. The van der Waals surface area contributed by atoms with Crippen molar-refractivity contribution in [3.63, 3.8) is 0 Å². The first-order valence-corrected chi connectivity index (χ1v) is 4.82. The van der Waals surface area contributed by atoms with Gasteiger partial charge >= 0.3 is 5.97 Å². The lowest BCUT2D eigenvalue weighted by Crippen LogP contribution is -2.17. The Morgan fingerprint density at radius 1 is 1.69 bits per heavy atom. The molecule has 0 aromatic carbocycles. The molecule has 1 saturated carbocycles. The fourth-order valence-electron chi connectivity index (χ4n) is 1.02. The van der Waals surface area contributed by atoms with Gasteiger partial charge in [0.25, 0.3) is 0 Å². The molecular formula is C7H9N3O2S. The standard InChI is InChI=1S/C7H9N3O2S/c11-7(12)6-5(9-10-13-6)3-8-4-1-2-4/h4,8H,1-3H2,(H,11,12). The highest BCUT2D eigenvalue weighted by molar-refractivity contribution is 7.07. The van der Waals surface area contributed by atoms with Crippen LogP contribution in [0.2, 0.25) is 0 Å². The molecule has 0 aliphatic heterocycles. The van der Waals surface area contributed by atoms with Crippen LogP contribution in [-0.4, -0.2) is 26.7 Å². The predicted octanol–water partition coefficient (Wildman–Crippen LogP) is 0.488. The van der Waals surface area contributed by atoms with E-state index in [0.29, 0.717) is 18.3 Å². The lowest BCUT2D eigenvalue weighted by molar-refractivity contribution is 0.0700. The van der Waals surface area contributed by atoms with E-state index in [0.717, 1.165) is 11.5 Å². The third kappa shape index (κ3) is 2.02. The average Bonchev–Trinajstić information content (AvgIpc) is 2.79. The summed E-state index contributed by atoms with van der Waals surface area (Å²) in [6, 6.07) is 0.559. The van der Waals surface area contributed by atoms with E-state index >= 15 is 0 Å². The van der Waals surface area contributed by atoms with Gasteiger partial charge in [0.15, 0.2) is 4.88 Å². The van der Waals surface area contributed by atoms with E-state index in [1.807, 2.05) is 0 Å². The van der Waals surface area contributed by atoms with Crippen LogP contribution in [0.3, 0.4) is 0 Å². The first-order chi connectivity index (χ1) is 6.27. The van der Waals surface area contributed by atoms with Crippen molar-refractivity contribution in [1.82, 2.24) is 14.9 Å². The summed E-state index contributed by atoms with van der Waals surface area (Å²) in [6.45, 7) is 0.517. The van der Waals surface area contributed by atoms with Gasteiger partial charge in [-0.15, -0.1) is 5.10 Å².